The third-order valence-corrected chi connectivity index (χ3v) is 3.52. The number of hydrogen-bond donors (Lipinski definition) is 2. The molecule has 0 bridgehead atoms. The van der Waals surface area contributed by atoms with Crippen LogP contribution in [0.4, 0.5) is 18.9 Å². The molecular weight excluding hydrogens is 371 g/mol. The SMILES string of the molecule is CC(ON=C(N)c1cccc(Cl)c1)C(=O)Nc1ccccc1C(F)(F)F. The molecule has 0 aliphatic carbocycles. The lowest BCUT2D eigenvalue weighted by Crippen LogP contribution is -2.28. The Balaban J connectivity index is 2.06. The maximum atomic E-state index is 12.9. The number of para-hydroxylation sites is 1. The quantitative estimate of drug-likeness (QED) is 0.463. The van der Waals surface area contributed by atoms with E-state index in [-0.39, 0.29) is 11.5 Å². The lowest BCUT2D eigenvalue weighted by Gasteiger charge is -2.15. The molecule has 0 aliphatic rings. The number of benzene rings is 2. The minimum Gasteiger partial charge on any atom is -0.381 e. The molecule has 2 aromatic carbocycles. The molecule has 0 radical (unpaired) electrons. The van der Waals surface area contributed by atoms with Gasteiger partial charge < -0.3 is 15.9 Å². The molecule has 5 nitrogen and oxygen atoms in total. The summed E-state index contributed by atoms with van der Waals surface area (Å²) < 4.78 is 38.8. The second-order valence-electron chi connectivity index (χ2n) is 5.27. The molecule has 2 aromatic rings. The van der Waals surface area contributed by atoms with Crippen LogP contribution in [-0.4, -0.2) is 17.8 Å². The second-order valence-corrected chi connectivity index (χ2v) is 5.70. The number of carbonyl (C=O) groups excluding carboxylic acids is 1. The monoisotopic (exact) mass is 385 g/mol. The van der Waals surface area contributed by atoms with Crippen molar-refractivity contribution in [1.82, 2.24) is 0 Å². The summed E-state index contributed by atoms with van der Waals surface area (Å²) in [5.74, 6) is -0.827. The van der Waals surface area contributed by atoms with Gasteiger partial charge in [0.25, 0.3) is 5.91 Å². The Kier molecular flexibility index (Phi) is 6.10. The molecule has 3 N–H and O–H groups in total. The summed E-state index contributed by atoms with van der Waals surface area (Å²) in [4.78, 5) is 17.0. The number of oxime groups is 1. The first-order valence-corrected chi connectivity index (χ1v) is 7.78. The Hall–Kier alpha value is -2.74. The maximum absolute atomic E-state index is 12.9. The van der Waals surface area contributed by atoms with Crippen molar-refractivity contribution in [2.24, 2.45) is 10.9 Å². The highest BCUT2D eigenvalue weighted by molar-refractivity contribution is 6.31. The lowest BCUT2D eigenvalue weighted by molar-refractivity contribution is -0.137. The zero-order valence-corrected chi connectivity index (χ0v) is 14.3. The van der Waals surface area contributed by atoms with Crippen LogP contribution in [-0.2, 0) is 15.8 Å². The zero-order valence-electron chi connectivity index (χ0n) is 13.5. The van der Waals surface area contributed by atoms with Crippen LogP contribution in [0.2, 0.25) is 5.02 Å². The fourth-order valence-electron chi connectivity index (χ4n) is 1.96. The Morgan fingerprint density at radius 3 is 2.58 bits per heavy atom. The van der Waals surface area contributed by atoms with Crippen molar-refractivity contribution in [2.75, 3.05) is 5.32 Å². The Morgan fingerprint density at radius 1 is 1.23 bits per heavy atom. The van der Waals surface area contributed by atoms with E-state index in [0.29, 0.717) is 10.6 Å². The molecule has 9 heteroatoms. The summed E-state index contributed by atoms with van der Waals surface area (Å²) in [5, 5.41) is 6.24. The minimum absolute atomic E-state index is 0.0251. The number of alkyl halides is 3. The fraction of sp³-hybridized carbons (Fsp3) is 0.176. The highest BCUT2D eigenvalue weighted by Crippen LogP contribution is 2.34. The topological polar surface area (TPSA) is 76.7 Å². The molecule has 0 fully saturated rings. The van der Waals surface area contributed by atoms with E-state index in [0.717, 1.165) is 12.1 Å². The normalized spacial score (nSPS) is 13.2. The number of nitrogens with one attached hydrogen (secondary N) is 1. The van der Waals surface area contributed by atoms with Crippen LogP contribution in [0.1, 0.15) is 18.1 Å². The standard InChI is InChI=1S/C17H15ClF3N3O2/c1-10(26-24-15(22)11-5-4-6-12(18)9-11)16(25)23-14-8-3-2-7-13(14)17(19,20)21/h2-10H,1H3,(H2,22,24)(H,23,25). The number of halogens is 4. The molecule has 0 aliphatic heterocycles. The molecular formula is C17H15ClF3N3O2. The number of nitrogens with two attached hydrogens (primary N) is 1. The van der Waals surface area contributed by atoms with Crippen LogP contribution >= 0.6 is 11.6 Å². The number of amides is 1. The molecule has 0 saturated carbocycles. The van der Waals surface area contributed by atoms with E-state index in [4.69, 9.17) is 22.2 Å². The summed E-state index contributed by atoms with van der Waals surface area (Å²) in [5.41, 5.74) is 4.89. The van der Waals surface area contributed by atoms with E-state index in [2.05, 4.69) is 10.5 Å². The highest BCUT2D eigenvalue weighted by atomic mass is 35.5. The van der Waals surface area contributed by atoms with Gasteiger partial charge >= 0.3 is 6.18 Å². The summed E-state index contributed by atoms with van der Waals surface area (Å²) in [6.07, 6.45) is -5.77. The predicted octanol–water partition coefficient (Wildman–Crippen LogP) is 4.02. The zero-order chi connectivity index (χ0) is 19.3. The third kappa shape index (κ3) is 5.13. The van der Waals surface area contributed by atoms with Crippen LogP contribution in [0, 0.1) is 0 Å². The highest BCUT2D eigenvalue weighted by Gasteiger charge is 2.34. The van der Waals surface area contributed by atoms with E-state index < -0.39 is 23.8 Å². The van der Waals surface area contributed by atoms with Crippen LogP contribution in [0.3, 0.4) is 0 Å². The average Bonchev–Trinajstić information content (AvgIpc) is 2.58. The fourth-order valence-corrected chi connectivity index (χ4v) is 2.15. The summed E-state index contributed by atoms with van der Waals surface area (Å²) in [6.45, 7) is 1.33. The van der Waals surface area contributed by atoms with Crippen molar-refractivity contribution in [3.63, 3.8) is 0 Å². The van der Waals surface area contributed by atoms with Crippen LogP contribution < -0.4 is 11.1 Å². The van der Waals surface area contributed by atoms with Gasteiger partial charge in [-0.2, -0.15) is 13.2 Å². The third-order valence-electron chi connectivity index (χ3n) is 3.29. The number of anilines is 1. The lowest BCUT2D eigenvalue weighted by atomic mass is 10.1. The molecule has 26 heavy (non-hydrogen) atoms. The molecule has 138 valence electrons. The molecule has 0 aromatic heterocycles. The molecule has 0 spiro atoms. The van der Waals surface area contributed by atoms with E-state index in [1.165, 1.54) is 19.1 Å². The van der Waals surface area contributed by atoms with Gasteiger partial charge in [-0.15, -0.1) is 0 Å². The van der Waals surface area contributed by atoms with Crippen molar-refractivity contribution in [1.29, 1.82) is 0 Å². The van der Waals surface area contributed by atoms with Crippen LogP contribution in [0.25, 0.3) is 0 Å². The van der Waals surface area contributed by atoms with E-state index in [9.17, 15) is 18.0 Å². The van der Waals surface area contributed by atoms with Crippen molar-refractivity contribution >= 4 is 29.0 Å². The van der Waals surface area contributed by atoms with E-state index in [1.54, 1.807) is 24.3 Å². The molecule has 0 saturated heterocycles. The largest absolute Gasteiger partial charge is 0.418 e. The molecule has 1 unspecified atom stereocenters. The molecule has 1 amide bonds. The first-order valence-electron chi connectivity index (χ1n) is 7.41. The van der Waals surface area contributed by atoms with Crippen molar-refractivity contribution < 1.29 is 22.8 Å². The molecule has 1 atom stereocenters. The molecule has 0 heterocycles. The number of rotatable bonds is 5. The van der Waals surface area contributed by atoms with Gasteiger partial charge in [-0.25, -0.2) is 0 Å². The Labute approximate surface area is 152 Å². The van der Waals surface area contributed by atoms with Gasteiger partial charge in [0, 0.05) is 10.6 Å². The Bertz CT molecular complexity index is 825. The van der Waals surface area contributed by atoms with Gasteiger partial charge in [0.2, 0.25) is 6.10 Å². The first kappa shape index (κ1) is 19.6. The van der Waals surface area contributed by atoms with Gasteiger partial charge in [-0.3, -0.25) is 4.79 Å². The maximum Gasteiger partial charge on any atom is 0.418 e. The van der Waals surface area contributed by atoms with E-state index >= 15 is 0 Å². The van der Waals surface area contributed by atoms with Crippen molar-refractivity contribution in [2.45, 2.75) is 19.2 Å². The van der Waals surface area contributed by atoms with Gasteiger partial charge in [-0.1, -0.05) is 41.0 Å². The van der Waals surface area contributed by atoms with Crippen LogP contribution in [0.5, 0.6) is 0 Å². The Morgan fingerprint density at radius 2 is 1.92 bits per heavy atom. The van der Waals surface area contributed by atoms with Gasteiger partial charge in [0.05, 0.1) is 11.3 Å². The predicted molar refractivity (Wildman–Crippen MR) is 92.8 cm³/mol. The first-order chi connectivity index (χ1) is 12.2. The number of carbonyl (C=O) groups is 1. The summed E-state index contributed by atoms with van der Waals surface area (Å²) in [6, 6.07) is 11.1. The number of nitrogens with zero attached hydrogens (tertiary/aromatic N) is 1. The molecule has 2 rings (SSSR count). The average molecular weight is 386 g/mol. The van der Waals surface area contributed by atoms with Crippen molar-refractivity contribution in [3.8, 4) is 0 Å². The second kappa shape index (κ2) is 8.09. The van der Waals surface area contributed by atoms with Gasteiger partial charge in [0.15, 0.2) is 5.84 Å². The summed E-state index contributed by atoms with van der Waals surface area (Å²) >= 11 is 5.84. The van der Waals surface area contributed by atoms with Crippen molar-refractivity contribution in [3.05, 3.63) is 64.7 Å². The van der Waals surface area contributed by atoms with Crippen LogP contribution in [0.15, 0.2) is 53.7 Å². The summed E-state index contributed by atoms with van der Waals surface area (Å²) in [7, 11) is 0. The number of amidine groups is 1. The van der Waals surface area contributed by atoms with E-state index in [1.807, 2.05) is 0 Å². The minimum atomic E-state index is -4.59. The smallest absolute Gasteiger partial charge is 0.381 e. The van der Waals surface area contributed by atoms with Gasteiger partial charge in [-0.05, 0) is 31.2 Å². The van der Waals surface area contributed by atoms with Gasteiger partial charge in [0.1, 0.15) is 0 Å². The number of hydrogen-bond acceptors (Lipinski definition) is 3.